The third kappa shape index (κ3) is 25.8. The summed E-state index contributed by atoms with van der Waals surface area (Å²) in [4.78, 5) is 27.8. The molecule has 5 heteroatoms. The predicted octanol–water partition coefficient (Wildman–Crippen LogP) is 10.0. The molecule has 238 valence electrons. The van der Waals surface area contributed by atoms with Gasteiger partial charge in [0.1, 0.15) is 12.7 Å². The van der Waals surface area contributed by atoms with Crippen molar-refractivity contribution in [3.63, 3.8) is 0 Å². The van der Waals surface area contributed by atoms with E-state index in [4.69, 9.17) is 9.47 Å². The van der Waals surface area contributed by atoms with Gasteiger partial charge in [-0.15, -0.1) is 0 Å². The van der Waals surface area contributed by atoms with Crippen molar-refractivity contribution < 1.29 is 19.1 Å². The van der Waals surface area contributed by atoms with Gasteiger partial charge in [0, 0.05) is 6.42 Å². The fourth-order valence-corrected chi connectivity index (χ4v) is 5.30. The summed E-state index contributed by atoms with van der Waals surface area (Å²) < 4.78 is 11.7. The monoisotopic (exact) mass is 568 g/mol. The van der Waals surface area contributed by atoms with Crippen molar-refractivity contribution in [1.29, 1.82) is 0 Å². The number of nitrogens with zero attached hydrogens (tertiary/aromatic N) is 1. The van der Waals surface area contributed by atoms with Gasteiger partial charge >= 0.3 is 11.9 Å². The van der Waals surface area contributed by atoms with E-state index < -0.39 is 0 Å². The second kappa shape index (κ2) is 29.4. The van der Waals surface area contributed by atoms with Gasteiger partial charge in [0.15, 0.2) is 0 Å². The highest BCUT2D eigenvalue weighted by atomic mass is 16.6. The van der Waals surface area contributed by atoms with Gasteiger partial charge in [-0.25, -0.2) is 0 Å². The third-order valence-corrected chi connectivity index (χ3v) is 7.97. The molecule has 1 unspecified atom stereocenters. The number of unbranched alkanes of at least 4 members (excludes halogenated alkanes) is 16. The van der Waals surface area contributed by atoms with Crippen LogP contribution in [0.2, 0.25) is 0 Å². The van der Waals surface area contributed by atoms with Crippen LogP contribution in [0, 0.1) is 5.92 Å². The summed E-state index contributed by atoms with van der Waals surface area (Å²) in [5.41, 5.74) is 0. The average molecular weight is 568 g/mol. The molecule has 0 aromatic heterocycles. The molecule has 40 heavy (non-hydrogen) atoms. The van der Waals surface area contributed by atoms with E-state index >= 15 is 0 Å². The molecule has 0 amide bonds. The van der Waals surface area contributed by atoms with Gasteiger partial charge in [-0.3, -0.25) is 9.59 Å². The Labute approximate surface area is 249 Å². The van der Waals surface area contributed by atoms with Crippen molar-refractivity contribution in [3.8, 4) is 0 Å². The van der Waals surface area contributed by atoms with Gasteiger partial charge in [-0.1, -0.05) is 136 Å². The van der Waals surface area contributed by atoms with Crippen LogP contribution in [-0.4, -0.2) is 50.2 Å². The number of esters is 2. The van der Waals surface area contributed by atoms with Crippen LogP contribution in [0.5, 0.6) is 0 Å². The Morgan fingerprint density at radius 2 is 1.00 bits per heavy atom. The van der Waals surface area contributed by atoms with Crippen molar-refractivity contribution in [3.05, 3.63) is 0 Å². The normalized spacial score (nSPS) is 12.3. The molecule has 0 saturated carbocycles. The minimum atomic E-state index is -0.324. The maximum Gasteiger partial charge on any atom is 0.309 e. The topological polar surface area (TPSA) is 55.8 Å². The van der Waals surface area contributed by atoms with Crippen molar-refractivity contribution in [2.24, 2.45) is 5.92 Å². The fraction of sp³-hybridized carbons (Fsp3) is 0.943. The van der Waals surface area contributed by atoms with Crippen LogP contribution < -0.4 is 0 Å². The molecule has 0 heterocycles. The second-order valence-corrected chi connectivity index (χ2v) is 12.4. The van der Waals surface area contributed by atoms with E-state index in [1.807, 2.05) is 14.1 Å². The first-order valence-corrected chi connectivity index (χ1v) is 17.4. The highest BCUT2D eigenvalue weighted by molar-refractivity contribution is 5.72. The molecule has 0 aliphatic rings. The molecule has 1 atom stereocenters. The molecular weight excluding hydrogens is 498 g/mol. The molecule has 0 spiro atoms. The predicted molar refractivity (Wildman–Crippen MR) is 171 cm³/mol. The number of carbonyl (C=O) groups excluding carboxylic acids is 2. The van der Waals surface area contributed by atoms with Crippen LogP contribution in [0.4, 0.5) is 0 Å². The number of hydrogen-bond acceptors (Lipinski definition) is 5. The molecule has 0 N–H and O–H groups in total. The van der Waals surface area contributed by atoms with Crippen molar-refractivity contribution in [2.45, 2.75) is 181 Å². The summed E-state index contributed by atoms with van der Waals surface area (Å²) in [5, 5.41) is 0. The van der Waals surface area contributed by atoms with Crippen LogP contribution in [-0.2, 0) is 19.1 Å². The smallest absolute Gasteiger partial charge is 0.309 e. The maximum atomic E-state index is 13.2. The van der Waals surface area contributed by atoms with E-state index in [1.165, 1.54) is 96.3 Å². The van der Waals surface area contributed by atoms with Crippen molar-refractivity contribution >= 4 is 11.9 Å². The van der Waals surface area contributed by atoms with E-state index in [1.54, 1.807) is 0 Å². The molecular formula is C35H69NO4. The van der Waals surface area contributed by atoms with Gasteiger partial charge in [0.2, 0.25) is 0 Å². The highest BCUT2D eigenvalue weighted by Gasteiger charge is 2.22. The zero-order chi connectivity index (χ0) is 29.7. The van der Waals surface area contributed by atoms with Crippen LogP contribution in [0.1, 0.15) is 175 Å². The van der Waals surface area contributed by atoms with Crippen LogP contribution in [0.3, 0.4) is 0 Å². The van der Waals surface area contributed by atoms with E-state index in [2.05, 4.69) is 25.7 Å². The number of carbonyl (C=O) groups is 2. The molecule has 0 aliphatic heterocycles. The molecule has 0 rings (SSSR count). The molecule has 0 bridgehead atoms. The average Bonchev–Trinajstić information content (AvgIpc) is 2.93. The Bertz CT molecular complexity index is 552. The number of ether oxygens (including phenoxy) is 2. The lowest BCUT2D eigenvalue weighted by Gasteiger charge is -2.21. The minimum Gasteiger partial charge on any atom is -0.462 e. The Hall–Kier alpha value is -1.10. The van der Waals surface area contributed by atoms with Gasteiger partial charge < -0.3 is 14.4 Å². The first-order chi connectivity index (χ1) is 19.4. The van der Waals surface area contributed by atoms with Gasteiger partial charge in [-0.2, -0.15) is 0 Å². The van der Waals surface area contributed by atoms with E-state index in [0.717, 1.165) is 57.9 Å². The van der Waals surface area contributed by atoms with E-state index in [-0.39, 0.29) is 30.6 Å². The Balaban J connectivity index is 4.77. The van der Waals surface area contributed by atoms with Crippen LogP contribution in [0.25, 0.3) is 0 Å². The molecule has 0 aromatic rings. The summed E-state index contributed by atoms with van der Waals surface area (Å²) >= 11 is 0. The zero-order valence-corrected chi connectivity index (χ0v) is 27.6. The molecule has 0 fully saturated rings. The molecule has 5 nitrogen and oxygen atoms in total. The van der Waals surface area contributed by atoms with Crippen molar-refractivity contribution in [1.82, 2.24) is 4.90 Å². The molecule has 0 radical (unpaired) electrons. The molecule has 0 aromatic carbocycles. The van der Waals surface area contributed by atoms with E-state index in [0.29, 0.717) is 6.42 Å². The first-order valence-electron chi connectivity index (χ1n) is 17.4. The van der Waals surface area contributed by atoms with Crippen molar-refractivity contribution in [2.75, 3.05) is 27.2 Å². The summed E-state index contributed by atoms with van der Waals surface area (Å²) in [6.07, 6.45) is 26.9. The van der Waals surface area contributed by atoms with Crippen LogP contribution in [0.15, 0.2) is 0 Å². The van der Waals surface area contributed by atoms with Crippen LogP contribution >= 0.6 is 0 Å². The minimum absolute atomic E-state index is 0.0209. The Kier molecular flexibility index (Phi) is 28.6. The standard InChI is InChI=1S/C35H69NO4/c1-6-9-12-15-16-17-18-21-24-28-33(40-34(37)29-25-30-36(4)5)31-39-35(38)32(26-22-19-13-10-7-2)27-23-20-14-11-8-3/h32-33H,6-31H2,1-5H3. The number of rotatable bonds is 30. The Morgan fingerprint density at radius 1 is 0.575 bits per heavy atom. The fourth-order valence-electron chi connectivity index (χ4n) is 5.30. The largest absolute Gasteiger partial charge is 0.462 e. The zero-order valence-electron chi connectivity index (χ0n) is 27.6. The summed E-state index contributed by atoms with van der Waals surface area (Å²) in [6.45, 7) is 7.79. The second-order valence-electron chi connectivity index (χ2n) is 12.4. The molecule has 0 aliphatic carbocycles. The lowest BCUT2D eigenvalue weighted by atomic mass is 9.94. The highest BCUT2D eigenvalue weighted by Crippen LogP contribution is 2.21. The van der Waals surface area contributed by atoms with E-state index in [9.17, 15) is 9.59 Å². The first kappa shape index (κ1) is 38.9. The molecule has 0 saturated heterocycles. The summed E-state index contributed by atoms with van der Waals surface area (Å²) in [6, 6.07) is 0. The number of hydrogen-bond donors (Lipinski definition) is 0. The Morgan fingerprint density at radius 3 is 1.45 bits per heavy atom. The lowest BCUT2D eigenvalue weighted by Crippen LogP contribution is -2.28. The maximum absolute atomic E-state index is 13.2. The summed E-state index contributed by atoms with van der Waals surface area (Å²) in [5.74, 6) is -0.263. The van der Waals surface area contributed by atoms with Gasteiger partial charge in [0.25, 0.3) is 0 Å². The lowest BCUT2D eigenvalue weighted by molar-refractivity contribution is -0.162. The summed E-state index contributed by atoms with van der Waals surface area (Å²) in [7, 11) is 4.03. The van der Waals surface area contributed by atoms with Gasteiger partial charge in [0.05, 0.1) is 5.92 Å². The van der Waals surface area contributed by atoms with Gasteiger partial charge in [-0.05, 0) is 52.7 Å². The third-order valence-electron chi connectivity index (χ3n) is 7.97. The quantitative estimate of drug-likeness (QED) is 0.0638. The SMILES string of the molecule is CCCCCCCCCCCC(COC(=O)C(CCCCCCC)CCCCCCC)OC(=O)CCCN(C)C.